The Labute approximate surface area is 109 Å². The molecule has 0 spiro atoms. The maximum absolute atomic E-state index is 12.1. The summed E-state index contributed by atoms with van der Waals surface area (Å²) >= 11 is 0. The minimum Gasteiger partial charge on any atom is -0.444 e. The molecular formula is C13H24N2O3. The van der Waals surface area contributed by atoms with Gasteiger partial charge in [0.2, 0.25) is 0 Å². The van der Waals surface area contributed by atoms with Crippen LogP contribution in [0.3, 0.4) is 0 Å². The van der Waals surface area contributed by atoms with E-state index in [4.69, 9.17) is 9.47 Å². The van der Waals surface area contributed by atoms with Crippen molar-refractivity contribution in [2.75, 3.05) is 26.7 Å². The molecule has 0 aliphatic carbocycles. The van der Waals surface area contributed by atoms with Crippen molar-refractivity contribution < 1.29 is 14.3 Å². The fourth-order valence-electron chi connectivity index (χ4n) is 2.76. The highest BCUT2D eigenvalue weighted by Gasteiger charge is 2.51. The molecule has 2 aliphatic rings. The Bertz CT molecular complexity index is 319. The standard InChI is InChI=1S/C13H24N2O3/c1-12(2,3)18-11(16)15-8-5-10(15)13(17-4)6-7-14-9-13/h10,14H,5-9H2,1-4H3/t10-,13-/m1/s1. The molecule has 18 heavy (non-hydrogen) atoms. The summed E-state index contributed by atoms with van der Waals surface area (Å²) in [6.07, 6.45) is 1.73. The maximum Gasteiger partial charge on any atom is 0.410 e. The van der Waals surface area contributed by atoms with E-state index in [0.29, 0.717) is 0 Å². The lowest BCUT2D eigenvalue weighted by atomic mass is 9.84. The second-order valence-corrected chi connectivity index (χ2v) is 6.17. The molecule has 5 heteroatoms. The molecule has 2 heterocycles. The van der Waals surface area contributed by atoms with E-state index in [2.05, 4.69) is 5.32 Å². The van der Waals surface area contributed by atoms with Gasteiger partial charge >= 0.3 is 6.09 Å². The van der Waals surface area contributed by atoms with E-state index in [0.717, 1.165) is 32.5 Å². The van der Waals surface area contributed by atoms with Gasteiger partial charge in [-0.1, -0.05) is 0 Å². The average Bonchev–Trinajstić information content (AvgIpc) is 2.62. The Morgan fingerprint density at radius 3 is 2.56 bits per heavy atom. The Morgan fingerprint density at radius 2 is 2.17 bits per heavy atom. The summed E-state index contributed by atoms with van der Waals surface area (Å²) in [5.74, 6) is 0. The quantitative estimate of drug-likeness (QED) is 0.811. The number of hydrogen-bond donors (Lipinski definition) is 1. The van der Waals surface area contributed by atoms with Crippen LogP contribution in [-0.2, 0) is 9.47 Å². The molecule has 2 fully saturated rings. The topological polar surface area (TPSA) is 50.8 Å². The Balaban J connectivity index is 2.01. The minimum atomic E-state index is -0.439. The van der Waals surface area contributed by atoms with Gasteiger partial charge < -0.3 is 19.7 Å². The smallest absolute Gasteiger partial charge is 0.410 e. The van der Waals surface area contributed by atoms with Crippen molar-refractivity contribution >= 4 is 6.09 Å². The summed E-state index contributed by atoms with van der Waals surface area (Å²) in [4.78, 5) is 13.9. The Kier molecular flexibility index (Phi) is 3.56. The predicted octanol–water partition coefficient (Wildman–Crippen LogP) is 1.37. The van der Waals surface area contributed by atoms with E-state index in [1.54, 1.807) is 7.11 Å². The van der Waals surface area contributed by atoms with Gasteiger partial charge in [0.05, 0.1) is 6.04 Å². The van der Waals surface area contributed by atoms with Gasteiger partial charge in [0.15, 0.2) is 0 Å². The van der Waals surface area contributed by atoms with Crippen LogP contribution in [0.5, 0.6) is 0 Å². The molecule has 2 aliphatic heterocycles. The molecule has 1 N–H and O–H groups in total. The third-order valence-electron chi connectivity index (χ3n) is 3.81. The molecule has 0 bridgehead atoms. The number of carbonyl (C=O) groups is 1. The highest BCUT2D eigenvalue weighted by Crippen LogP contribution is 2.35. The number of rotatable bonds is 2. The SMILES string of the molecule is CO[C@]1([C@H]2CCN2C(=O)OC(C)(C)C)CCNC1. The highest BCUT2D eigenvalue weighted by atomic mass is 16.6. The van der Waals surface area contributed by atoms with Gasteiger partial charge in [-0.3, -0.25) is 0 Å². The van der Waals surface area contributed by atoms with Crippen LogP contribution in [0.15, 0.2) is 0 Å². The lowest BCUT2D eigenvalue weighted by Crippen LogP contribution is -2.64. The third kappa shape index (κ3) is 2.47. The first-order valence-electron chi connectivity index (χ1n) is 6.63. The van der Waals surface area contributed by atoms with Gasteiger partial charge in [0.25, 0.3) is 0 Å². The molecule has 0 aromatic carbocycles. The molecule has 0 aromatic heterocycles. The molecule has 2 rings (SSSR count). The lowest BCUT2D eigenvalue weighted by Gasteiger charge is -2.49. The molecular weight excluding hydrogens is 232 g/mol. The first-order chi connectivity index (χ1) is 8.38. The van der Waals surface area contributed by atoms with E-state index < -0.39 is 5.60 Å². The summed E-state index contributed by atoms with van der Waals surface area (Å²) in [6, 6.07) is 0.146. The molecule has 0 saturated carbocycles. The molecule has 1 amide bonds. The largest absolute Gasteiger partial charge is 0.444 e. The van der Waals surface area contributed by atoms with E-state index in [1.807, 2.05) is 25.7 Å². The fourth-order valence-corrected chi connectivity index (χ4v) is 2.76. The highest BCUT2D eigenvalue weighted by molar-refractivity contribution is 5.70. The van der Waals surface area contributed by atoms with Crippen LogP contribution < -0.4 is 5.32 Å². The van der Waals surface area contributed by atoms with Crippen LogP contribution in [0.1, 0.15) is 33.6 Å². The lowest BCUT2D eigenvalue weighted by molar-refractivity contribution is -0.104. The van der Waals surface area contributed by atoms with Gasteiger partial charge in [-0.2, -0.15) is 0 Å². The van der Waals surface area contributed by atoms with Gasteiger partial charge in [-0.05, 0) is 40.2 Å². The third-order valence-corrected chi connectivity index (χ3v) is 3.81. The van der Waals surface area contributed by atoms with E-state index >= 15 is 0 Å². The number of carbonyl (C=O) groups excluding carboxylic acids is 1. The Hall–Kier alpha value is -0.810. The van der Waals surface area contributed by atoms with Crippen molar-refractivity contribution in [1.82, 2.24) is 10.2 Å². The van der Waals surface area contributed by atoms with Crippen LogP contribution in [0, 0.1) is 0 Å². The fraction of sp³-hybridized carbons (Fsp3) is 0.923. The molecule has 2 saturated heterocycles. The number of likely N-dealkylation sites (tertiary alicyclic amines) is 1. The van der Waals surface area contributed by atoms with Gasteiger partial charge in [0, 0.05) is 20.2 Å². The van der Waals surface area contributed by atoms with Crippen LogP contribution in [0.2, 0.25) is 0 Å². The van der Waals surface area contributed by atoms with E-state index in [1.165, 1.54) is 0 Å². The predicted molar refractivity (Wildman–Crippen MR) is 68.6 cm³/mol. The number of nitrogens with zero attached hydrogens (tertiary/aromatic N) is 1. The van der Waals surface area contributed by atoms with Crippen LogP contribution in [0.25, 0.3) is 0 Å². The molecule has 5 nitrogen and oxygen atoms in total. The van der Waals surface area contributed by atoms with Crippen molar-refractivity contribution in [1.29, 1.82) is 0 Å². The molecule has 0 aromatic rings. The first kappa shape index (κ1) is 13.6. The van der Waals surface area contributed by atoms with E-state index in [9.17, 15) is 4.79 Å². The van der Waals surface area contributed by atoms with Crippen molar-refractivity contribution in [3.63, 3.8) is 0 Å². The van der Waals surface area contributed by atoms with Crippen molar-refractivity contribution in [3.05, 3.63) is 0 Å². The van der Waals surface area contributed by atoms with E-state index in [-0.39, 0.29) is 17.7 Å². The number of hydrogen-bond acceptors (Lipinski definition) is 4. The zero-order chi connectivity index (χ0) is 13.4. The minimum absolute atomic E-state index is 0.146. The monoisotopic (exact) mass is 256 g/mol. The molecule has 104 valence electrons. The van der Waals surface area contributed by atoms with Crippen molar-refractivity contribution in [2.45, 2.75) is 50.9 Å². The average molecular weight is 256 g/mol. The number of nitrogens with one attached hydrogen (secondary N) is 1. The second-order valence-electron chi connectivity index (χ2n) is 6.17. The number of amides is 1. The molecule has 2 atom stereocenters. The van der Waals surface area contributed by atoms with Crippen LogP contribution >= 0.6 is 0 Å². The molecule has 0 radical (unpaired) electrons. The summed E-state index contributed by atoms with van der Waals surface area (Å²) in [7, 11) is 1.73. The summed E-state index contributed by atoms with van der Waals surface area (Å²) in [5.41, 5.74) is -0.666. The van der Waals surface area contributed by atoms with Gasteiger partial charge in [0.1, 0.15) is 11.2 Å². The van der Waals surface area contributed by atoms with Gasteiger partial charge in [-0.25, -0.2) is 4.79 Å². The normalized spacial score (nSPS) is 32.2. The first-order valence-corrected chi connectivity index (χ1v) is 6.63. The maximum atomic E-state index is 12.1. The Morgan fingerprint density at radius 1 is 1.44 bits per heavy atom. The van der Waals surface area contributed by atoms with Crippen molar-refractivity contribution in [2.24, 2.45) is 0 Å². The number of ether oxygens (including phenoxy) is 2. The van der Waals surface area contributed by atoms with Gasteiger partial charge in [-0.15, -0.1) is 0 Å². The zero-order valence-corrected chi connectivity index (χ0v) is 11.8. The van der Waals surface area contributed by atoms with Crippen molar-refractivity contribution in [3.8, 4) is 0 Å². The van der Waals surface area contributed by atoms with Crippen LogP contribution in [0.4, 0.5) is 4.79 Å². The molecule has 0 unspecified atom stereocenters. The second kappa shape index (κ2) is 4.70. The van der Waals surface area contributed by atoms with Crippen LogP contribution in [-0.4, -0.2) is 55.0 Å². The summed E-state index contributed by atoms with van der Waals surface area (Å²) in [5, 5.41) is 3.32. The summed E-state index contributed by atoms with van der Waals surface area (Å²) in [6.45, 7) is 8.21. The number of methoxy groups -OCH3 is 1. The zero-order valence-electron chi connectivity index (χ0n) is 11.8. The summed E-state index contributed by atoms with van der Waals surface area (Å²) < 4.78 is 11.1.